The SMILES string of the molecule is CCOC(=O)C1CCN(C(=O)[C@@H](Cc2ccccc2)NS(=O)(=O)c2ccc(OCC)c(Cl)c2)CC1. The number of rotatable bonds is 10. The standard InChI is InChI=1S/C25H31ClN2O6S/c1-3-33-23-11-10-20(17-21(23)26)35(31,32)27-22(16-18-8-6-5-7-9-18)24(29)28-14-12-19(13-15-28)25(30)34-4-2/h5-11,17,19,22,27H,3-4,12-16H2,1-2H3/t22-/m1/s1. The van der Waals surface area contributed by atoms with Gasteiger partial charge in [-0.25, -0.2) is 8.42 Å². The van der Waals surface area contributed by atoms with Crippen molar-refractivity contribution in [2.24, 2.45) is 5.92 Å². The molecule has 3 rings (SSSR count). The molecule has 1 aliphatic rings. The van der Waals surface area contributed by atoms with Crippen LogP contribution in [0.15, 0.2) is 53.4 Å². The van der Waals surface area contributed by atoms with Crippen molar-refractivity contribution < 1.29 is 27.5 Å². The van der Waals surface area contributed by atoms with Crippen molar-refractivity contribution in [1.29, 1.82) is 0 Å². The largest absolute Gasteiger partial charge is 0.492 e. The lowest BCUT2D eigenvalue weighted by atomic mass is 9.96. The fourth-order valence-electron chi connectivity index (χ4n) is 4.02. The molecule has 0 unspecified atom stereocenters. The number of hydrogen-bond acceptors (Lipinski definition) is 6. The Bertz CT molecular complexity index is 1120. The van der Waals surface area contributed by atoms with Crippen molar-refractivity contribution in [2.75, 3.05) is 26.3 Å². The molecule has 0 radical (unpaired) electrons. The summed E-state index contributed by atoms with van der Waals surface area (Å²) in [5.41, 5.74) is 0.819. The smallest absolute Gasteiger partial charge is 0.309 e. The fraction of sp³-hybridized carbons (Fsp3) is 0.440. The van der Waals surface area contributed by atoms with Crippen molar-refractivity contribution in [2.45, 2.75) is 44.0 Å². The highest BCUT2D eigenvalue weighted by Crippen LogP contribution is 2.28. The molecule has 2 aromatic rings. The summed E-state index contributed by atoms with van der Waals surface area (Å²) >= 11 is 6.20. The van der Waals surface area contributed by atoms with E-state index in [4.69, 9.17) is 21.1 Å². The number of benzene rings is 2. The minimum Gasteiger partial charge on any atom is -0.492 e. The monoisotopic (exact) mass is 522 g/mol. The van der Waals surface area contributed by atoms with Gasteiger partial charge in [0.1, 0.15) is 11.8 Å². The van der Waals surface area contributed by atoms with Gasteiger partial charge >= 0.3 is 5.97 Å². The van der Waals surface area contributed by atoms with Gasteiger partial charge < -0.3 is 14.4 Å². The number of carbonyl (C=O) groups excluding carboxylic acids is 2. The summed E-state index contributed by atoms with van der Waals surface area (Å²) in [6, 6.07) is 12.4. The lowest BCUT2D eigenvalue weighted by Gasteiger charge is -2.33. The molecule has 1 heterocycles. The summed E-state index contributed by atoms with van der Waals surface area (Å²) in [6.07, 6.45) is 1.13. The zero-order chi connectivity index (χ0) is 25.4. The number of amides is 1. The van der Waals surface area contributed by atoms with Crippen molar-refractivity contribution >= 4 is 33.5 Å². The van der Waals surface area contributed by atoms with Crippen LogP contribution in [-0.4, -0.2) is 57.5 Å². The highest BCUT2D eigenvalue weighted by Gasteiger charge is 2.34. The van der Waals surface area contributed by atoms with Crippen LogP contribution >= 0.6 is 11.6 Å². The number of nitrogens with zero attached hydrogens (tertiary/aromatic N) is 1. The molecule has 2 aromatic carbocycles. The molecule has 190 valence electrons. The first-order valence-corrected chi connectivity index (χ1v) is 13.5. The zero-order valence-corrected chi connectivity index (χ0v) is 21.5. The third-order valence-electron chi connectivity index (χ3n) is 5.82. The van der Waals surface area contributed by atoms with E-state index >= 15 is 0 Å². The van der Waals surface area contributed by atoms with Crippen LogP contribution < -0.4 is 9.46 Å². The first-order valence-electron chi connectivity index (χ1n) is 11.7. The van der Waals surface area contributed by atoms with Gasteiger partial charge in [0, 0.05) is 13.1 Å². The minimum absolute atomic E-state index is 0.0576. The Morgan fingerprint density at radius 1 is 1.09 bits per heavy atom. The highest BCUT2D eigenvalue weighted by molar-refractivity contribution is 7.89. The quantitative estimate of drug-likeness (QED) is 0.480. The number of ether oxygens (including phenoxy) is 2. The topological polar surface area (TPSA) is 102 Å². The molecule has 0 aromatic heterocycles. The van der Waals surface area contributed by atoms with Crippen molar-refractivity contribution in [3.05, 3.63) is 59.1 Å². The van der Waals surface area contributed by atoms with E-state index in [1.807, 2.05) is 30.3 Å². The Balaban J connectivity index is 1.79. The van der Waals surface area contributed by atoms with E-state index in [-0.39, 0.29) is 34.1 Å². The van der Waals surface area contributed by atoms with E-state index in [9.17, 15) is 18.0 Å². The number of likely N-dealkylation sites (tertiary alicyclic amines) is 1. The molecule has 1 N–H and O–H groups in total. The van der Waals surface area contributed by atoms with E-state index in [0.29, 0.717) is 44.9 Å². The molecule has 1 amide bonds. The highest BCUT2D eigenvalue weighted by atomic mass is 35.5. The van der Waals surface area contributed by atoms with E-state index < -0.39 is 16.1 Å². The van der Waals surface area contributed by atoms with Crippen LogP contribution in [0.4, 0.5) is 0 Å². The molecule has 8 nitrogen and oxygen atoms in total. The number of hydrogen-bond donors (Lipinski definition) is 1. The van der Waals surface area contributed by atoms with Gasteiger partial charge in [0.05, 0.1) is 29.0 Å². The molecule has 10 heteroatoms. The lowest BCUT2D eigenvalue weighted by Crippen LogP contribution is -2.52. The maximum Gasteiger partial charge on any atom is 0.309 e. The van der Waals surface area contributed by atoms with Crippen molar-refractivity contribution in [3.8, 4) is 5.75 Å². The molecular formula is C25H31ClN2O6S. The third kappa shape index (κ3) is 7.19. The maximum absolute atomic E-state index is 13.5. The van der Waals surface area contributed by atoms with Gasteiger partial charge in [0.15, 0.2) is 0 Å². The summed E-state index contributed by atoms with van der Waals surface area (Å²) in [6.45, 7) is 4.97. The van der Waals surface area contributed by atoms with Crippen LogP contribution in [0.2, 0.25) is 5.02 Å². The number of esters is 1. The minimum atomic E-state index is -4.06. The molecule has 0 aliphatic carbocycles. The Morgan fingerprint density at radius 3 is 2.37 bits per heavy atom. The zero-order valence-electron chi connectivity index (χ0n) is 19.9. The van der Waals surface area contributed by atoms with E-state index in [1.54, 1.807) is 18.7 Å². The van der Waals surface area contributed by atoms with Gasteiger partial charge in [-0.2, -0.15) is 4.72 Å². The second kappa shape index (κ2) is 12.4. The van der Waals surface area contributed by atoms with Gasteiger partial charge in [-0.15, -0.1) is 0 Å². The van der Waals surface area contributed by atoms with Crippen LogP contribution in [-0.2, 0) is 30.8 Å². The van der Waals surface area contributed by atoms with Crippen LogP contribution in [0.1, 0.15) is 32.3 Å². The Morgan fingerprint density at radius 2 is 1.77 bits per heavy atom. The first-order chi connectivity index (χ1) is 16.7. The molecule has 0 spiro atoms. The number of nitrogens with one attached hydrogen (secondary N) is 1. The van der Waals surface area contributed by atoms with E-state index in [0.717, 1.165) is 5.56 Å². The number of halogens is 1. The van der Waals surface area contributed by atoms with Crippen molar-refractivity contribution in [1.82, 2.24) is 9.62 Å². The van der Waals surface area contributed by atoms with Crippen LogP contribution in [0.25, 0.3) is 0 Å². The van der Waals surface area contributed by atoms with E-state index in [1.165, 1.54) is 18.2 Å². The summed E-state index contributed by atoms with van der Waals surface area (Å²) < 4.78 is 39.5. The number of carbonyl (C=O) groups is 2. The Labute approximate surface area is 211 Å². The molecule has 1 atom stereocenters. The van der Waals surface area contributed by atoms with Gasteiger partial charge in [0.25, 0.3) is 0 Å². The van der Waals surface area contributed by atoms with Crippen LogP contribution in [0, 0.1) is 5.92 Å². The third-order valence-corrected chi connectivity index (χ3v) is 7.58. The molecule has 35 heavy (non-hydrogen) atoms. The maximum atomic E-state index is 13.5. The summed E-state index contributed by atoms with van der Waals surface area (Å²) in [5, 5.41) is 0.168. The predicted octanol–water partition coefficient (Wildman–Crippen LogP) is 3.43. The molecule has 0 bridgehead atoms. The van der Waals surface area contributed by atoms with E-state index in [2.05, 4.69) is 4.72 Å². The summed E-state index contributed by atoms with van der Waals surface area (Å²) in [4.78, 5) is 27.1. The molecule has 0 saturated carbocycles. The second-order valence-corrected chi connectivity index (χ2v) is 10.4. The van der Waals surface area contributed by atoms with Crippen LogP contribution in [0.3, 0.4) is 0 Å². The fourth-order valence-corrected chi connectivity index (χ4v) is 5.54. The number of piperidine rings is 1. The molecule has 1 aliphatic heterocycles. The van der Waals surface area contributed by atoms with Crippen LogP contribution in [0.5, 0.6) is 5.75 Å². The summed E-state index contributed by atoms with van der Waals surface area (Å²) in [7, 11) is -4.06. The molecular weight excluding hydrogens is 492 g/mol. The summed E-state index contributed by atoms with van der Waals surface area (Å²) in [5.74, 6) is -0.464. The first kappa shape index (κ1) is 27.0. The number of sulfonamides is 1. The van der Waals surface area contributed by atoms with Gasteiger partial charge in [-0.3, -0.25) is 9.59 Å². The average Bonchev–Trinajstić information content (AvgIpc) is 2.85. The molecule has 1 fully saturated rings. The average molecular weight is 523 g/mol. The molecule has 1 saturated heterocycles. The van der Waals surface area contributed by atoms with Gasteiger partial charge in [0.2, 0.25) is 15.9 Å². The van der Waals surface area contributed by atoms with Crippen molar-refractivity contribution in [3.63, 3.8) is 0 Å². The normalized spacial score (nSPS) is 15.5. The Kier molecular flexibility index (Phi) is 9.54. The van der Waals surface area contributed by atoms with Gasteiger partial charge in [-0.05, 0) is 56.9 Å². The Hall–Kier alpha value is -2.62. The second-order valence-electron chi connectivity index (χ2n) is 8.24. The predicted molar refractivity (Wildman–Crippen MR) is 133 cm³/mol. The van der Waals surface area contributed by atoms with Gasteiger partial charge in [-0.1, -0.05) is 41.9 Å². The lowest BCUT2D eigenvalue weighted by molar-refractivity contribution is -0.151.